The van der Waals surface area contributed by atoms with Gasteiger partial charge in [-0.1, -0.05) is 19.1 Å². The lowest BCUT2D eigenvalue weighted by Crippen LogP contribution is -2.60. The van der Waals surface area contributed by atoms with E-state index in [2.05, 4.69) is 5.32 Å². The van der Waals surface area contributed by atoms with Crippen molar-refractivity contribution in [3.05, 3.63) is 53.1 Å². The average molecular weight is 635 g/mol. The molecule has 0 unspecified atom stereocenters. The highest BCUT2D eigenvalue weighted by atomic mass is 32.2. The number of carbonyl (C=O) groups excluding carboxylic acids is 1. The molecule has 8 nitrogen and oxygen atoms in total. The lowest BCUT2D eigenvalue weighted by molar-refractivity contribution is -0.968. The fourth-order valence-electron chi connectivity index (χ4n) is 6.90. The maximum Gasteiger partial charge on any atom is 0.416 e. The smallest absolute Gasteiger partial charge is 0.416 e. The van der Waals surface area contributed by atoms with Gasteiger partial charge in [-0.15, -0.1) is 0 Å². The van der Waals surface area contributed by atoms with Crippen LogP contribution in [0.3, 0.4) is 0 Å². The van der Waals surface area contributed by atoms with Crippen molar-refractivity contribution in [2.45, 2.75) is 62.7 Å². The van der Waals surface area contributed by atoms with Crippen LogP contribution < -0.4 is 10.1 Å². The van der Waals surface area contributed by atoms with Crippen molar-refractivity contribution in [1.82, 2.24) is 10.3 Å². The van der Waals surface area contributed by atoms with Gasteiger partial charge in [0.25, 0.3) is 0 Å². The van der Waals surface area contributed by atoms with Crippen LogP contribution in [0.2, 0.25) is 0 Å². The van der Waals surface area contributed by atoms with E-state index in [4.69, 9.17) is 14.5 Å². The number of esters is 1. The molecule has 0 aliphatic carbocycles. The highest BCUT2D eigenvalue weighted by molar-refractivity contribution is 7.91. The zero-order valence-electron chi connectivity index (χ0n) is 25.3. The van der Waals surface area contributed by atoms with Gasteiger partial charge in [0.15, 0.2) is 9.84 Å². The SMILES string of the molecule is CCS(=O)(=O)c1cc2c(C(=O)OC)c(C[N+]3(C4CCNCC4)CCCCC3)c(-c3cccc(C(F)(F)F)c3)nc2cc1OC. The van der Waals surface area contributed by atoms with Crippen molar-refractivity contribution in [2.75, 3.05) is 46.2 Å². The number of alkyl halides is 3. The lowest BCUT2D eigenvalue weighted by atomic mass is 9.90. The number of ether oxygens (including phenoxy) is 2. The van der Waals surface area contributed by atoms with Gasteiger partial charge in [0.1, 0.15) is 17.2 Å². The minimum atomic E-state index is -4.58. The van der Waals surface area contributed by atoms with Crippen LogP contribution in [0.1, 0.15) is 60.5 Å². The van der Waals surface area contributed by atoms with Gasteiger partial charge in [0, 0.05) is 48.5 Å². The molecule has 3 aromatic rings. The Morgan fingerprint density at radius 2 is 1.77 bits per heavy atom. The number of sulfone groups is 1. The Hall–Kier alpha value is -3.22. The van der Waals surface area contributed by atoms with Crippen LogP contribution in [0.15, 0.2) is 41.3 Å². The van der Waals surface area contributed by atoms with Gasteiger partial charge in [-0.2, -0.15) is 13.2 Å². The summed E-state index contributed by atoms with van der Waals surface area (Å²) in [5, 5.41) is 3.68. The number of halogens is 3. The summed E-state index contributed by atoms with van der Waals surface area (Å²) in [5.74, 6) is -0.855. The summed E-state index contributed by atoms with van der Waals surface area (Å²) in [6.07, 6.45) is 0.359. The van der Waals surface area contributed by atoms with Gasteiger partial charge in [0.05, 0.1) is 61.4 Å². The van der Waals surface area contributed by atoms with Gasteiger partial charge in [-0.3, -0.25) is 0 Å². The fourth-order valence-corrected chi connectivity index (χ4v) is 7.96. The summed E-state index contributed by atoms with van der Waals surface area (Å²) < 4.78 is 79.3. The van der Waals surface area contributed by atoms with E-state index in [-0.39, 0.29) is 44.1 Å². The van der Waals surface area contributed by atoms with Crippen molar-refractivity contribution in [3.8, 4) is 17.0 Å². The minimum Gasteiger partial charge on any atom is -0.495 e. The number of hydrogen-bond acceptors (Lipinski definition) is 7. The van der Waals surface area contributed by atoms with Crippen molar-refractivity contribution < 1.29 is 40.3 Å². The molecule has 0 atom stereocenters. The predicted octanol–water partition coefficient (Wildman–Crippen LogP) is 5.76. The van der Waals surface area contributed by atoms with Gasteiger partial charge >= 0.3 is 12.1 Å². The maximum atomic E-state index is 13.9. The first-order valence-corrected chi connectivity index (χ1v) is 16.7. The van der Waals surface area contributed by atoms with E-state index in [0.717, 1.165) is 70.4 Å². The number of piperidine rings is 2. The van der Waals surface area contributed by atoms with Crippen molar-refractivity contribution in [3.63, 3.8) is 0 Å². The number of pyridine rings is 1. The van der Waals surface area contributed by atoms with Crippen molar-refractivity contribution >= 4 is 26.7 Å². The molecule has 0 radical (unpaired) electrons. The number of aromatic nitrogens is 1. The molecule has 238 valence electrons. The summed E-state index contributed by atoms with van der Waals surface area (Å²) in [5.41, 5.74) is 0.442. The van der Waals surface area contributed by atoms with E-state index in [9.17, 15) is 26.4 Å². The first kappa shape index (κ1) is 32.2. The van der Waals surface area contributed by atoms with Crippen LogP contribution in [-0.2, 0) is 27.3 Å². The molecular formula is C32H39F3N3O5S+. The molecule has 0 saturated carbocycles. The molecule has 0 bridgehead atoms. The van der Waals surface area contributed by atoms with Crippen LogP contribution in [0.4, 0.5) is 13.2 Å². The van der Waals surface area contributed by atoms with Crippen LogP contribution >= 0.6 is 0 Å². The maximum absolute atomic E-state index is 13.9. The third-order valence-corrected chi connectivity index (χ3v) is 11.0. The second-order valence-electron chi connectivity index (χ2n) is 11.7. The summed E-state index contributed by atoms with van der Waals surface area (Å²) >= 11 is 0. The fraction of sp³-hybridized carbons (Fsp3) is 0.500. The van der Waals surface area contributed by atoms with Crippen LogP contribution in [0.5, 0.6) is 5.75 Å². The van der Waals surface area contributed by atoms with E-state index in [1.54, 1.807) is 6.07 Å². The van der Waals surface area contributed by atoms with E-state index >= 15 is 0 Å². The first-order valence-electron chi connectivity index (χ1n) is 15.0. The molecular weight excluding hydrogens is 595 g/mol. The Morgan fingerprint density at radius 3 is 2.39 bits per heavy atom. The first-order chi connectivity index (χ1) is 20.9. The molecule has 0 amide bonds. The number of carbonyl (C=O) groups is 1. The molecule has 2 aromatic carbocycles. The molecule has 1 aromatic heterocycles. The molecule has 0 spiro atoms. The second-order valence-corrected chi connectivity index (χ2v) is 13.9. The summed E-state index contributed by atoms with van der Waals surface area (Å²) in [4.78, 5) is 18.5. The van der Waals surface area contributed by atoms with E-state index in [0.29, 0.717) is 22.6 Å². The number of quaternary nitrogens is 1. The number of nitrogens with one attached hydrogen (secondary N) is 1. The largest absolute Gasteiger partial charge is 0.495 e. The Balaban J connectivity index is 1.87. The molecule has 1 N–H and O–H groups in total. The standard InChI is InChI=1S/C32H39F3N3O5S/c1-4-44(40,41)28-18-24-26(19-27(28)42-2)37-30(21-9-8-10-22(17-21)32(33,34)35)25(29(24)31(39)43-3)20-38(15-6-5-7-16-38)23-11-13-36-14-12-23/h8-10,17-19,23,36H,4-7,11-16,20H2,1-3H3/q+1. The number of nitrogens with zero attached hydrogens (tertiary/aromatic N) is 2. The van der Waals surface area contributed by atoms with E-state index < -0.39 is 27.5 Å². The number of methoxy groups -OCH3 is 2. The van der Waals surface area contributed by atoms with Gasteiger partial charge < -0.3 is 19.3 Å². The minimum absolute atomic E-state index is 0.0413. The molecule has 44 heavy (non-hydrogen) atoms. The quantitative estimate of drug-likeness (QED) is 0.249. The van der Waals surface area contributed by atoms with E-state index in [1.807, 2.05) is 0 Å². The number of rotatable bonds is 8. The number of hydrogen-bond donors (Lipinski definition) is 1. The Bertz CT molecular complexity index is 1650. The summed E-state index contributed by atoms with van der Waals surface area (Å²) in [6, 6.07) is 8.08. The Morgan fingerprint density at radius 1 is 1.07 bits per heavy atom. The molecule has 3 heterocycles. The number of benzene rings is 2. The predicted molar refractivity (Wildman–Crippen MR) is 161 cm³/mol. The monoisotopic (exact) mass is 634 g/mol. The topological polar surface area (TPSA) is 94.6 Å². The lowest BCUT2D eigenvalue weighted by Gasteiger charge is -2.49. The van der Waals surface area contributed by atoms with Gasteiger partial charge in [0.2, 0.25) is 0 Å². The van der Waals surface area contributed by atoms with Crippen LogP contribution in [0.25, 0.3) is 22.2 Å². The third-order valence-electron chi connectivity index (χ3n) is 9.20. The molecule has 12 heteroatoms. The second kappa shape index (κ2) is 12.6. The Labute approximate surface area is 256 Å². The van der Waals surface area contributed by atoms with Crippen LogP contribution in [-0.4, -0.2) is 76.0 Å². The number of fused-ring (bicyclic) bond motifs is 1. The number of likely N-dealkylation sites (tertiary alicyclic amines) is 1. The molecule has 2 aliphatic heterocycles. The normalized spacial score (nSPS) is 17.9. The third kappa shape index (κ3) is 6.16. The molecule has 5 rings (SSSR count). The highest BCUT2D eigenvalue weighted by Gasteiger charge is 2.41. The average Bonchev–Trinajstić information content (AvgIpc) is 3.04. The van der Waals surface area contributed by atoms with E-state index in [1.165, 1.54) is 39.3 Å². The zero-order valence-corrected chi connectivity index (χ0v) is 26.1. The molecule has 2 saturated heterocycles. The highest BCUT2D eigenvalue weighted by Crippen LogP contribution is 2.41. The molecule has 2 aliphatic rings. The Kier molecular flexibility index (Phi) is 9.25. The zero-order chi connectivity index (χ0) is 31.7. The summed E-state index contributed by atoms with van der Waals surface area (Å²) in [6.45, 7) is 5.33. The van der Waals surface area contributed by atoms with Gasteiger partial charge in [-0.05, 0) is 37.5 Å². The molecule has 2 fully saturated rings. The summed E-state index contributed by atoms with van der Waals surface area (Å²) in [7, 11) is -1.20. The van der Waals surface area contributed by atoms with Crippen molar-refractivity contribution in [1.29, 1.82) is 0 Å². The van der Waals surface area contributed by atoms with Crippen molar-refractivity contribution in [2.24, 2.45) is 0 Å². The van der Waals surface area contributed by atoms with Crippen LogP contribution in [0, 0.1) is 0 Å². The van der Waals surface area contributed by atoms with Gasteiger partial charge in [-0.25, -0.2) is 18.2 Å².